The van der Waals surface area contributed by atoms with E-state index in [4.69, 9.17) is 0 Å². The largest absolute Gasteiger partial charge is 0.338 e. The lowest BCUT2D eigenvalue weighted by atomic mass is 10.0. The van der Waals surface area contributed by atoms with Crippen LogP contribution in [0.4, 0.5) is 10.6 Å². The van der Waals surface area contributed by atoms with Crippen molar-refractivity contribution in [1.29, 1.82) is 0 Å². The van der Waals surface area contributed by atoms with Gasteiger partial charge in [-0.25, -0.2) is 4.79 Å². The molecule has 0 spiro atoms. The molecule has 1 aliphatic rings. The molecular weight excluding hydrogens is 332 g/mol. The lowest BCUT2D eigenvalue weighted by Crippen LogP contribution is -2.46. The van der Waals surface area contributed by atoms with Crippen LogP contribution in [0.25, 0.3) is 0 Å². The highest BCUT2D eigenvalue weighted by Crippen LogP contribution is 2.22. The Morgan fingerprint density at radius 2 is 1.88 bits per heavy atom. The number of nitrogens with one attached hydrogen (secondary N) is 3. The first-order valence-corrected chi connectivity index (χ1v) is 9.31. The van der Waals surface area contributed by atoms with E-state index in [0.717, 1.165) is 25.1 Å². The number of carbonyl (C=O) groups excluding carboxylic acids is 2. The number of hydrogen-bond donors (Lipinski definition) is 3. The molecule has 2 heterocycles. The average Bonchev–Trinajstić information content (AvgIpc) is 2.61. The van der Waals surface area contributed by atoms with Gasteiger partial charge in [0.05, 0.1) is 0 Å². The van der Waals surface area contributed by atoms with Crippen molar-refractivity contribution in [3.8, 4) is 0 Å². The summed E-state index contributed by atoms with van der Waals surface area (Å²) in [6.07, 6.45) is 0.911. The molecule has 0 aliphatic carbocycles. The first-order valence-electron chi connectivity index (χ1n) is 9.31. The van der Waals surface area contributed by atoms with Crippen molar-refractivity contribution in [2.75, 3.05) is 38.0 Å². The molecule has 0 bridgehead atoms. The highest BCUT2D eigenvalue weighted by Gasteiger charge is 2.22. The van der Waals surface area contributed by atoms with E-state index >= 15 is 0 Å². The third-order valence-corrected chi connectivity index (χ3v) is 4.31. The zero-order valence-electron chi connectivity index (χ0n) is 16.1. The Balaban J connectivity index is 2.08. The molecule has 1 fully saturated rings. The SMILES string of the molecule is CC(C)CCNC(=O)Nc1nnc(C(=O)N2CCNCC2)cc1C(C)C. The molecule has 3 amide bonds. The summed E-state index contributed by atoms with van der Waals surface area (Å²) in [4.78, 5) is 26.4. The Kier molecular flexibility index (Phi) is 7.32. The Bertz CT molecular complexity index is 626. The lowest BCUT2D eigenvalue weighted by Gasteiger charge is -2.27. The molecule has 144 valence electrons. The summed E-state index contributed by atoms with van der Waals surface area (Å²) in [5, 5.41) is 17.0. The molecule has 0 atom stereocenters. The van der Waals surface area contributed by atoms with Gasteiger partial charge in [-0.3, -0.25) is 10.1 Å². The molecule has 8 heteroatoms. The molecule has 1 saturated heterocycles. The fourth-order valence-corrected chi connectivity index (χ4v) is 2.70. The quantitative estimate of drug-likeness (QED) is 0.717. The third-order valence-electron chi connectivity index (χ3n) is 4.31. The van der Waals surface area contributed by atoms with Gasteiger partial charge in [-0.1, -0.05) is 27.7 Å². The second-order valence-electron chi connectivity index (χ2n) is 7.29. The summed E-state index contributed by atoms with van der Waals surface area (Å²) in [5.74, 6) is 0.912. The number of anilines is 1. The summed E-state index contributed by atoms with van der Waals surface area (Å²) in [7, 11) is 0. The highest BCUT2D eigenvalue weighted by atomic mass is 16.2. The second-order valence-corrected chi connectivity index (χ2v) is 7.29. The molecule has 2 rings (SSSR count). The molecule has 0 radical (unpaired) electrons. The molecule has 3 N–H and O–H groups in total. The minimum Gasteiger partial charge on any atom is -0.338 e. The molecule has 8 nitrogen and oxygen atoms in total. The molecule has 0 saturated carbocycles. The van der Waals surface area contributed by atoms with Gasteiger partial charge in [0.15, 0.2) is 11.5 Å². The van der Waals surface area contributed by atoms with E-state index in [1.165, 1.54) is 0 Å². The summed E-state index contributed by atoms with van der Waals surface area (Å²) in [6, 6.07) is 1.44. The maximum Gasteiger partial charge on any atom is 0.320 e. The predicted molar refractivity (Wildman–Crippen MR) is 101 cm³/mol. The summed E-state index contributed by atoms with van der Waals surface area (Å²) in [6.45, 7) is 11.7. The van der Waals surface area contributed by atoms with Crippen molar-refractivity contribution >= 4 is 17.8 Å². The molecule has 0 aromatic carbocycles. The van der Waals surface area contributed by atoms with Crippen molar-refractivity contribution in [2.24, 2.45) is 5.92 Å². The minimum atomic E-state index is -0.303. The number of amides is 3. The number of nitrogens with zero attached hydrogens (tertiary/aromatic N) is 3. The van der Waals surface area contributed by atoms with Gasteiger partial charge in [0.25, 0.3) is 5.91 Å². The zero-order chi connectivity index (χ0) is 19.1. The fraction of sp³-hybridized carbons (Fsp3) is 0.667. The standard InChI is InChI=1S/C18H30N6O2/c1-12(2)5-6-20-18(26)21-16-14(13(3)4)11-15(22-23-16)17(25)24-9-7-19-8-10-24/h11-13,19H,5-10H2,1-4H3,(H2,20,21,23,26). The van der Waals surface area contributed by atoms with E-state index in [1.807, 2.05) is 13.8 Å². The number of carbonyl (C=O) groups is 2. The predicted octanol–water partition coefficient (Wildman–Crippen LogP) is 1.81. The second kappa shape index (κ2) is 9.47. The van der Waals surface area contributed by atoms with Gasteiger partial charge in [-0.05, 0) is 24.3 Å². The van der Waals surface area contributed by atoms with Gasteiger partial charge < -0.3 is 15.5 Å². The Hall–Kier alpha value is -2.22. The van der Waals surface area contributed by atoms with Crippen molar-refractivity contribution in [2.45, 2.75) is 40.0 Å². The van der Waals surface area contributed by atoms with E-state index in [0.29, 0.717) is 37.1 Å². The van der Waals surface area contributed by atoms with Crippen LogP contribution in [0, 0.1) is 5.92 Å². The number of rotatable bonds is 6. The number of piperazine rings is 1. The summed E-state index contributed by atoms with van der Waals surface area (Å²) < 4.78 is 0. The van der Waals surface area contributed by atoms with Gasteiger partial charge >= 0.3 is 6.03 Å². The van der Waals surface area contributed by atoms with Crippen molar-refractivity contribution in [3.63, 3.8) is 0 Å². The summed E-state index contributed by atoms with van der Waals surface area (Å²) in [5.41, 5.74) is 1.12. The van der Waals surface area contributed by atoms with Crippen LogP contribution in [0.3, 0.4) is 0 Å². The monoisotopic (exact) mass is 362 g/mol. The van der Waals surface area contributed by atoms with Crippen LogP contribution in [0.2, 0.25) is 0 Å². The maximum atomic E-state index is 12.6. The van der Waals surface area contributed by atoms with Gasteiger partial charge in [-0.15, -0.1) is 10.2 Å². The molecule has 1 aromatic rings. The van der Waals surface area contributed by atoms with Crippen LogP contribution in [0.1, 0.15) is 56.1 Å². The number of urea groups is 1. The van der Waals surface area contributed by atoms with Crippen LogP contribution >= 0.6 is 0 Å². The number of aromatic nitrogens is 2. The maximum absolute atomic E-state index is 12.6. The van der Waals surface area contributed by atoms with Crippen LogP contribution in [-0.2, 0) is 0 Å². The topological polar surface area (TPSA) is 99.2 Å². The van der Waals surface area contributed by atoms with Crippen LogP contribution in [0.15, 0.2) is 6.07 Å². The average molecular weight is 362 g/mol. The molecular formula is C18H30N6O2. The Labute approximate surface area is 155 Å². The van der Waals surface area contributed by atoms with E-state index in [2.05, 4.69) is 40.0 Å². The van der Waals surface area contributed by atoms with Gasteiger partial charge in [-0.2, -0.15) is 0 Å². The van der Waals surface area contributed by atoms with E-state index in [1.54, 1.807) is 11.0 Å². The normalized spacial score (nSPS) is 14.6. The van der Waals surface area contributed by atoms with Gasteiger partial charge in [0.2, 0.25) is 0 Å². The number of hydrogen-bond acceptors (Lipinski definition) is 5. The first-order chi connectivity index (χ1) is 12.4. The van der Waals surface area contributed by atoms with E-state index < -0.39 is 0 Å². The molecule has 1 aliphatic heterocycles. The van der Waals surface area contributed by atoms with Crippen molar-refractivity contribution in [1.82, 2.24) is 25.7 Å². The third kappa shape index (κ3) is 5.66. The molecule has 26 heavy (non-hydrogen) atoms. The van der Waals surface area contributed by atoms with Crippen molar-refractivity contribution < 1.29 is 9.59 Å². The lowest BCUT2D eigenvalue weighted by molar-refractivity contribution is 0.0728. The fourth-order valence-electron chi connectivity index (χ4n) is 2.70. The van der Waals surface area contributed by atoms with E-state index in [-0.39, 0.29) is 17.9 Å². The highest BCUT2D eigenvalue weighted by molar-refractivity contribution is 5.93. The van der Waals surface area contributed by atoms with E-state index in [9.17, 15) is 9.59 Å². The smallest absolute Gasteiger partial charge is 0.320 e. The Morgan fingerprint density at radius 3 is 2.50 bits per heavy atom. The zero-order valence-corrected chi connectivity index (χ0v) is 16.1. The van der Waals surface area contributed by atoms with Gasteiger partial charge in [0.1, 0.15) is 0 Å². The van der Waals surface area contributed by atoms with Crippen LogP contribution < -0.4 is 16.0 Å². The summed E-state index contributed by atoms with van der Waals surface area (Å²) >= 11 is 0. The minimum absolute atomic E-state index is 0.103. The van der Waals surface area contributed by atoms with Crippen LogP contribution in [0.5, 0.6) is 0 Å². The first kappa shape index (κ1) is 20.1. The van der Waals surface area contributed by atoms with Crippen molar-refractivity contribution in [3.05, 3.63) is 17.3 Å². The van der Waals surface area contributed by atoms with Crippen LogP contribution in [-0.4, -0.2) is 59.8 Å². The molecule has 0 unspecified atom stereocenters. The van der Waals surface area contributed by atoms with Gasteiger partial charge in [0, 0.05) is 38.3 Å². The molecule has 1 aromatic heterocycles. The Morgan fingerprint density at radius 1 is 1.19 bits per heavy atom.